The van der Waals surface area contributed by atoms with Gasteiger partial charge < -0.3 is 0 Å². The Morgan fingerprint density at radius 1 is 1.20 bits per heavy atom. The fourth-order valence-electron chi connectivity index (χ4n) is 2.69. The Balaban J connectivity index is 2.41. The first kappa shape index (κ1) is 12.5. The van der Waals surface area contributed by atoms with E-state index in [0.29, 0.717) is 0 Å². The monoisotopic (exact) mass is 208 g/mol. The van der Waals surface area contributed by atoms with Crippen LogP contribution in [0.3, 0.4) is 0 Å². The van der Waals surface area contributed by atoms with Gasteiger partial charge in [-0.1, -0.05) is 46.0 Å². The lowest BCUT2D eigenvalue weighted by Gasteiger charge is -2.29. The number of hydrogen-bond donors (Lipinski definition) is 0. The zero-order valence-corrected chi connectivity index (χ0v) is 10.2. The topological polar surface area (TPSA) is 27.0 Å². The Morgan fingerprint density at radius 2 is 1.80 bits per heavy atom. The van der Waals surface area contributed by atoms with Crippen molar-refractivity contribution in [2.45, 2.75) is 58.4 Å². The molecule has 0 aromatic heterocycles. The molecule has 1 rings (SSSR count). The average molecular weight is 208 g/mol. The SMILES string of the molecule is CCN(CC)C(C#N)CC1CCCCC1. The highest BCUT2D eigenvalue weighted by molar-refractivity contribution is 4.93. The molecule has 0 spiro atoms. The summed E-state index contributed by atoms with van der Waals surface area (Å²) in [4.78, 5) is 2.29. The van der Waals surface area contributed by atoms with E-state index in [0.717, 1.165) is 25.4 Å². The number of nitrogens with zero attached hydrogens (tertiary/aromatic N) is 2. The largest absolute Gasteiger partial charge is 0.289 e. The quantitative estimate of drug-likeness (QED) is 0.694. The predicted molar refractivity (Wildman–Crippen MR) is 63.5 cm³/mol. The molecule has 2 heteroatoms. The highest BCUT2D eigenvalue weighted by Crippen LogP contribution is 2.28. The van der Waals surface area contributed by atoms with Crippen LogP contribution in [-0.4, -0.2) is 24.0 Å². The Labute approximate surface area is 94.3 Å². The van der Waals surface area contributed by atoms with Crippen molar-refractivity contribution in [3.05, 3.63) is 0 Å². The number of hydrogen-bond acceptors (Lipinski definition) is 2. The third kappa shape index (κ3) is 3.83. The first-order valence-corrected chi connectivity index (χ1v) is 6.45. The van der Waals surface area contributed by atoms with Crippen LogP contribution in [0.5, 0.6) is 0 Å². The lowest BCUT2D eigenvalue weighted by molar-refractivity contribution is 0.206. The minimum absolute atomic E-state index is 0.156. The Morgan fingerprint density at radius 3 is 2.27 bits per heavy atom. The first-order valence-electron chi connectivity index (χ1n) is 6.45. The maximum Gasteiger partial charge on any atom is 0.0980 e. The maximum atomic E-state index is 9.20. The third-order valence-electron chi connectivity index (χ3n) is 3.68. The third-order valence-corrected chi connectivity index (χ3v) is 3.68. The summed E-state index contributed by atoms with van der Waals surface area (Å²) in [5, 5.41) is 9.20. The molecule has 0 amide bonds. The summed E-state index contributed by atoms with van der Waals surface area (Å²) in [5.74, 6) is 0.809. The fraction of sp³-hybridized carbons (Fsp3) is 0.923. The molecule has 86 valence electrons. The molecular formula is C13H24N2. The van der Waals surface area contributed by atoms with Gasteiger partial charge in [-0.2, -0.15) is 5.26 Å². The van der Waals surface area contributed by atoms with Crippen LogP contribution < -0.4 is 0 Å². The molecule has 0 aliphatic heterocycles. The molecule has 2 nitrogen and oxygen atoms in total. The van der Waals surface area contributed by atoms with Gasteiger partial charge in [-0.15, -0.1) is 0 Å². The van der Waals surface area contributed by atoms with E-state index in [4.69, 9.17) is 0 Å². The molecular weight excluding hydrogens is 184 g/mol. The number of nitriles is 1. The molecule has 0 bridgehead atoms. The Hall–Kier alpha value is -0.550. The molecule has 1 saturated carbocycles. The van der Waals surface area contributed by atoms with Gasteiger partial charge in [-0.3, -0.25) is 4.90 Å². The molecule has 1 unspecified atom stereocenters. The van der Waals surface area contributed by atoms with Gasteiger partial charge in [0.25, 0.3) is 0 Å². The summed E-state index contributed by atoms with van der Waals surface area (Å²) in [6.07, 6.45) is 7.94. The van der Waals surface area contributed by atoms with Crippen LogP contribution in [0, 0.1) is 17.2 Å². The van der Waals surface area contributed by atoms with E-state index in [1.165, 1.54) is 32.1 Å². The first-order chi connectivity index (χ1) is 7.31. The van der Waals surface area contributed by atoms with Gasteiger partial charge in [0.2, 0.25) is 0 Å². The molecule has 1 aliphatic rings. The van der Waals surface area contributed by atoms with Crippen LogP contribution in [0.25, 0.3) is 0 Å². The van der Waals surface area contributed by atoms with Crippen molar-refractivity contribution in [2.24, 2.45) is 5.92 Å². The van der Waals surface area contributed by atoms with E-state index in [1.54, 1.807) is 0 Å². The normalized spacial score (nSPS) is 20.1. The lowest BCUT2D eigenvalue weighted by Crippen LogP contribution is -2.35. The smallest absolute Gasteiger partial charge is 0.0980 e. The van der Waals surface area contributed by atoms with E-state index < -0.39 is 0 Å². The maximum absolute atomic E-state index is 9.20. The van der Waals surface area contributed by atoms with Gasteiger partial charge in [0.05, 0.1) is 12.1 Å². The second-order valence-electron chi connectivity index (χ2n) is 4.61. The van der Waals surface area contributed by atoms with Crippen LogP contribution >= 0.6 is 0 Å². The molecule has 0 aromatic carbocycles. The highest BCUT2D eigenvalue weighted by Gasteiger charge is 2.21. The highest BCUT2D eigenvalue weighted by atomic mass is 15.1. The fourth-order valence-corrected chi connectivity index (χ4v) is 2.69. The molecule has 0 saturated heterocycles. The summed E-state index contributed by atoms with van der Waals surface area (Å²) in [6.45, 7) is 6.30. The van der Waals surface area contributed by atoms with Gasteiger partial charge in [-0.25, -0.2) is 0 Å². The van der Waals surface area contributed by atoms with E-state index in [1.807, 2.05) is 0 Å². The summed E-state index contributed by atoms with van der Waals surface area (Å²) in [5.41, 5.74) is 0. The Bertz CT molecular complexity index is 197. The lowest BCUT2D eigenvalue weighted by atomic mass is 9.85. The summed E-state index contributed by atoms with van der Waals surface area (Å²) < 4.78 is 0. The predicted octanol–water partition coefficient (Wildman–Crippen LogP) is 3.19. The van der Waals surface area contributed by atoms with Crippen LogP contribution in [0.4, 0.5) is 0 Å². The molecule has 0 radical (unpaired) electrons. The van der Waals surface area contributed by atoms with Crippen molar-refractivity contribution in [1.29, 1.82) is 5.26 Å². The second-order valence-corrected chi connectivity index (χ2v) is 4.61. The molecule has 0 N–H and O–H groups in total. The van der Waals surface area contributed by atoms with Gasteiger partial charge in [0, 0.05) is 0 Å². The minimum Gasteiger partial charge on any atom is -0.289 e. The molecule has 1 aliphatic carbocycles. The minimum atomic E-state index is 0.156. The van der Waals surface area contributed by atoms with Crippen LogP contribution in [0.15, 0.2) is 0 Å². The number of rotatable bonds is 5. The van der Waals surface area contributed by atoms with Crippen LogP contribution in [0.1, 0.15) is 52.4 Å². The molecule has 0 heterocycles. The van der Waals surface area contributed by atoms with E-state index in [-0.39, 0.29) is 6.04 Å². The zero-order chi connectivity index (χ0) is 11.1. The van der Waals surface area contributed by atoms with Crippen molar-refractivity contribution >= 4 is 0 Å². The van der Waals surface area contributed by atoms with Crippen molar-refractivity contribution in [3.8, 4) is 6.07 Å². The zero-order valence-electron chi connectivity index (χ0n) is 10.2. The molecule has 0 aromatic rings. The summed E-state index contributed by atoms with van der Waals surface area (Å²) >= 11 is 0. The van der Waals surface area contributed by atoms with Crippen molar-refractivity contribution in [1.82, 2.24) is 4.90 Å². The molecule has 1 fully saturated rings. The van der Waals surface area contributed by atoms with Gasteiger partial charge in [0.1, 0.15) is 0 Å². The van der Waals surface area contributed by atoms with Crippen LogP contribution in [-0.2, 0) is 0 Å². The van der Waals surface area contributed by atoms with Crippen molar-refractivity contribution < 1.29 is 0 Å². The van der Waals surface area contributed by atoms with Gasteiger partial charge >= 0.3 is 0 Å². The summed E-state index contributed by atoms with van der Waals surface area (Å²) in [6, 6.07) is 2.63. The van der Waals surface area contributed by atoms with E-state index in [9.17, 15) is 5.26 Å². The second kappa shape index (κ2) is 6.85. The standard InChI is InChI=1S/C13H24N2/c1-3-15(4-2)13(11-14)10-12-8-6-5-7-9-12/h12-13H,3-10H2,1-2H3. The van der Waals surface area contributed by atoms with Crippen LogP contribution in [0.2, 0.25) is 0 Å². The summed E-state index contributed by atoms with van der Waals surface area (Å²) in [7, 11) is 0. The van der Waals surface area contributed by atoms with E-state index >= 15 is 0 Å². The van der Waals surface area contributed by atoms with E-state index in [2.05, 4.69) is 24.8 Å². The molecule has 1 atom stereocenters. The molecule has 15 heavy (non-hydrogen) atoms. The van der Waals surface area contributed by atoms with Gasteiger partial charge in [0.15, 0.2) is 0 Å². The van der Waals surface area contributed by atoms with Crippen molar-refractivity contribution in [2.75, 3.05) is 13.1 Å². The van der Waals surface area contributed by atoms with Gasteiger partial charge in [-0.05, 0) is 25.4 Å². The van der Waals surface area contributed by atoms with Crippen molar-refractivity contribution in [3.63, 3.8) is 0 Å². The average Bonchev–Trinajstić information content (AvgIpc) is 2.30. The Kier molecular flexibility index (Phi) is 5.71.